The van der Waals surface area contributed by atoms with Crippen LogP contribution < -0.4 is 5.32 Å². The van der Waals surface area contributed by atoms with Gasteiger partial charge in [-0.3, -0.25) is 0 Å². The third-order valence-corrected chi connectivity index (χ3v) is 5.22. The molecule has 22 heavy (non-hydrogen) atoms. The molecule has 3 rings (SSSR count). The number of halogens is 1. The first-order valence-electron chi connectivity index (χ1n) is 7.66. The van der Waals surface area contributed by atoms with Gasteiger partial charge < -0.3 is 10.4 Å². The van der Waals surface area contributed by atoms with Crippen molar-refractivity contribution in [1.29, 1.82) is 0 Å². The topological polar surface area (TPSA) is 58.0 Å². The van der Waals surface area contributed by atoms with Gasteiger partial charge in [-0.1, -0.05) is 54.3 Å². The summed E-state index contributed by atoms with van der Waals surface area (Å²) in [6.07, 6.45) is 5.94. The van der Waals surface area contributed by atoms with Crippen molar-refractivity contribution in [1.82, 2.24) is 10.2 Å². The Kier molecular flexibility index (Phi) is 4.96. The van der Waals surface area contributed by atoms with Gasteiger partial charge in [0.1, 0.15) is 5.01 Å². The van der Waals surface area contributed by atoms with Gasteiger partial charge in [-0.15, -0.1) is 10.2 Å². The molecule has 2 N–H and O–H groups in total. The monoisotopic (exact) mass is 337 g/mol. The molecule has 0 bridgehead atoms. The molecular formula is C16H20ClN3OS. The fourth-order valence-electron chi connectivity index (χ4n) is 2.80. The summed E-state index contributed by atoms with van der Waals surface area (Å²) in [5, 5.41) is 24.6. The quantitative estimate of drug-likeness (QED) is 0.869. The summed E-state index contributed by atoms with van der Waals surface area (Å²) >= 11 is 7.43. The van der Waals surface area contributed by atoms with Crippen LogP contribution in [0.25, 0.3) is 0 Å². The van der Waals surface area contributed by atoms with Crippen LogP contribution in [0.1, 0.15) is 42.7 Å². The maximum absolute atomic E-state index is 10.5. The number of aromatic nitrogens is 2. The average molecular weight is 338 g/mol. The van der Waals surface area contributed by atoms with Crippen LogP contribution >= 0.6 is 22.9 Å². The minimum absolute atomic E-state index is 0.558. The molecule has 1 aromatic heterocycles. The lowest BCUT2D eigenvalue weighted by atomic mass is 9.85. The normalized spacial score (nSPS) is 17.4. The molecule has 1 aromatic carbocycles. The molecule has 2 aromatic rings. The van der Waals surface area contributed by atoms with Crippen molar-refractivity contribution in [2.45, 2.75) is 44.1 Å². The Morgan fingerprint density at radius 1 is 1.14 bits per heavy atom. The Labute approximate surface area is 139 Å². The largest absolute Gasteiger partial charge is 0.388 e. The molecule has 0 spiro atoms. The smallest absolute Gasteiger partial charge is 0.205 e. The molecule has 0 saturated heterocycles. The van der Waals surface area contributed by atoms with Crippen LogP contribution in [-0.4, -0.2) is 27.4 Å². The zero-order valence-electron chi connectivity index (χ0n) is 12.4. The molecule has 6 heteroatoms. The first-order chi connectivity index (χ1) is 10.6. The molecule has 1 saturated carbocycles. The molecule has 0 atom stereocenters. The zero-order chi connectivity index (χ0) is 15.4. The van der Waals surface area contributed by atoms with Crippen LogP contribution in [0.2, 0.25) is 5.02 Å². The van der Waals surface area contributed by atoms with Gasteiger partial charge in [-0.05, 0) is 30.5 Å². The molecular weight excluding hydrogens is 318 g/mol. The summed E-state index contributed by atoms with van der Waals surface area (Å²) in [4.78, 5) is 0. The molecule has 1 aliphatic carbocycles. The van der Waals surface area contributed by atoms with Crippen molar-refractivity contribution < 1.29 is 5.11 Å². The predicted molar refractivity (Wildman–Crippen MR) is 90.7 cm³/mol. The Morgan fingerprint density at radius 3 is 2.59 bits per heavy atom. The summed E-state index contributed by atoms with van der Waals surface area (Å²) in [7, 11) is 0. The van der Waals surface area contributed by atoms with Crippen LogP contribution in [0.15, 0.2) is 24.3 Å². The summed E-state index contributed by atoms with van der Waals surface area (Å²) in [6.45, 7) is 0.558. The van der Waals surface area contributed by atoms with E-state index in [1.807, 2.05) is 24.3 Å². The van der Waals surface area contributed by atoms with Crippen LogP contribution in [0, 0.1) is 0 Å². The van der Waals surface area contributed by atoms with E-state index in [4.69, 9.17) is 11.6 Å². The molecule has 0 aliphatic heterocycles. The van der Waals surface area contributed by atoms with Gasteiger partial charge >= 0.3 is 0 Å². The number of aliphatic hydroxyl groups is 1. The molecule has 0 radical (unpaired) electrons. The summed E-state index contributed by atoms with van der Waals surface area (Å²) in [5.41, 5.74) is 0.582. The van der Waals surface area contributed by atoms with E-state index in [9.17, 15) is 5.11 Å². The molecule has 1 fully saturated rings. The Balaban J connectivity index is 1.55. The SMILES string of the molecule is OC1(CNc2nnc(Cc3ccc(Cl)cc3)s2)CCCCC1. The average Bonchev–Trinajstić information content (AvgIpc) is 2.96. The van der Waals surface area contributed by atoms with Gasteiger partial charge in [0.2, 0.25) is 5.13 Å². The van der Waals surface area contributed by atoms with Crippen molar-refractivity contribution in [2.24, 2.45) is 0 Å². The maximum atomic E-state index is 10.5. The zero-order valence-corrected chi connectivity index (χ0v) is 14.0. The van der Waals surface area contributed by atoms with Gasteiger partial charge in [0.25, 0.3) is 0 Å². The van der Waals surface area contributed by atoms with E-state index in [2.05, 4.69) is 15.5 Å². The number of hydrogen-bond donors (Lipinski definition) is 2. The minimum Gasteiger partial charge on any atom is -0.388 e. The minimum atomic E-state index is -0.583. The Bertz CT molecular complexity index is 608. The highest BCUT2D eigenvalue weighted by Crippen LogP contribution is 2.29. The van der Waals surface area contributed by atoms with Gasteiger partial charge in [-0.2, -0.15) is 0 Å². The van der Waals surface area contributed by atoms with Crippen LogP contribution in [0.4, 0.5) is 5.13 Å². The fraction of sp³-hybridized carbons (Fsp3) is 0.500. The van der Waals surface area contributed by atoms with Crippen LogP contribution in [0.5, 0.6) is 0 Å². The highest BCUT2D eigenvalue weighted by Gasteiger charge is 2.29. The van der Waals surface area contributed by atoms with E-state index in [0.29, 0.717) is 6.54 Å². The summed E-state index contributed by atoms with van der Waals surface area (Å²) in [5.74, 6) is 0. The van der Waals surface area contributed by atoms with E-state index in [1.54, 1.807) is 11.3 Å². The van der Waals surface area contributed by atoms with E-state index in [1.165, 1.54) is 6.42 Å². The van der Waals surface area contributed by atoms with Crippen molar-refractivity contribution in [2.75, 3.05) is 11.9 Å². The van der Waals surface area contributed by atoms with E-state index < -0.39 is 5.60 Å². The standard InChI is InChI=1S/C16H20ClN3OS/c17-13-6-4-12(5-7-13)10-14-19-20-15(22-14)18-11-16(21)8-2-1-3-9-16/h4-7,21H,1-3,8-11H2,(H,18,20). The second kappa shape index (κ2) is 6.94. The van der Waals surface area contributed by atoms with Crippen LogP contribution in [-0.2, 0) is 6.42 Å². The fourth-order valence-corrected chi connectivity index (χ4v) is 3.70. The predicted octanol–water partition coefficient (Wildman–Crippen LogP) is 3.89. The second-order valence-electron chi connectivity index (χ2n) is 5.94. The Morgan fingerprint density at radius 2 is 1.86 bits per heavy atom. The second-order valence-corrected chi connectivity index (χ2v) is 7.44. The lowest BCUT2D eigenvalue weighted by Gasteiger charge is -2.31. The number of nitrogens with one attached hydrogen (secondary N) is 1. The van der Waals surface area contributed by atoms with Crippen molar-refractivity contribution in [3.05, 3.63) is 39.9 Å². The lowest BCUT2D eigenvalue weighted by Crippen LogP contribution is -2.38. The third-order valence-electron chi connectivity index (χ3n) is 4.09. The number of anilines is 1. The molecule has 1 heterocycles. The molecule has 4 nitrogen and oxygen atoms in total. The van der Waals surface area contributed by atoms with Crippen molar-refractivity contribution >= 4 is 28.1 Å². The molecule has 0 unspecified atom stereocenters. The highest BCUT2D eigenvalue weighted by atomic mass is 35.5. The molecule has 0 amide bonds. The van der Waals surface area contributed by atoms with Gasteiger partial charge in [0.15, 0.2) is 0 Å². The summed E-state index contributed by atoms with van der Waals surface area (Å²) in [6, 6.07) is 7.77. The molecule has 118 valence electrons. The first-order valence-corrected chi connectivity index (χ1v) is 8.86. The highest BCUT2D eigenvalue weighted by molar-refractivity contribution is 7.15. The van der Waals surface area contributed by atoms with Gasteiger partial charge in [0.05, 0.1) is 5.60 Å². The van der Waals surface area contributed by atoms with Crippen LogP contribution in [0.3, 0.4) is 0 Å². The number of benzene rings is 1. The van der Waals surface area contributed by atoms with Gasteiger partial charge in [0, 0.05) is 18.0 Å². The maximum Gasteiger partial charge on any atom is 0.205 e. The van der Waals surface area contributed by atoms with Crippen molar-refractivity contribution in [3.8, 4) is 0 Å². The lowest BCUT2D eigenvalue weighted by molar-refractivity contribution is 0.0167. The van der Waals surface area contributed by atoms with E-state index in [0.717, 1.165) is 52.8 Å². The number of rotatable bonds is 5. The third kappa shape index (κ3) is 4.18. The first kappa shape index (κ1) is 15.7. The van der Waals surface area contributed by atoms with E-state index >= 15 is 0 Å². The summed E-state index contributed by atoms with van der Waals surface area (Å²) < 4.78 is 0. The molecule has 1 aliphatic rings. The van der Waals surface area contributed by atoms with Gasteiger partial charge in [-0.25, -0.2) is 0 Å². The van der Waals surface area contributed by atoms with Crippen molar-refractivity contribution in [3.63, 3.8) is 0 Å². The number of nitrogens with zero attached hydrogens (tertiary/aromatic N) is 2. The Hall–Kier alpha value is -1.17. The van der Waals surface area contributed by atoms with E-state index in [-0.39, 0.29) is 0 Å². The number of hydrogen-bond acceptors (Lipinski definition) is 5.